The third kappa shape index (κ3) is 7.57. The average Bonchev–Trinajstić information content (AvgIpc) is 2.71. The summed E-state index contributed by atoms with van der Waals surface area (Å²) in [6, 6.07) is 11.5. The smallest absolute Gasteiger partial charge is 0.408 e. The first-order chi connectivity index (χ1) is 15.0. The molecular formula is C24H29ClN2O5. The Kier molecular flexibility index (Phi) is 8.66. The Balaban J connectivity index is 2.06. The topological polar surface area (TPSA) is 93.7 Å². The van der Waals surface area contributed by atoms with E-state index in [9.17, 15) is 14.4 Å². The largest absolute Gasteiger partial charge is 0.497 e. The maximum absolute atomic E-state index is 12.8. The molecule has 1 atom stereocenters. The van der Waals surface area contributed by atoms with Gasteiger partial charge in [-0.15, -0.1) is 0 Å². The van der Waals surface area contributed by atoms with Crippen molar-refractivity contribution in [3.63, 3.8) is 0 Å². The second kappa shape index (κ2) is 11.0. The van der Waals surface area contributed by atoms with Crippen LogP contribution in [-0.4, -0.2) is 36.5 Å². The van der Waals surface area contributed by atoms with E-state index in [2.05, 4.69) is 10.6 Å². The van der Waals surface area contributed by atoms with Crippen molar-refractivity contribution in [1.82, 2.24) is 10.6 Å². The van der Waals surface area contributed by atoms with Crippen LogP contribution in [0, 0.1) is 0 Å². The molecule has 2 N–H and O–H groups in total. The summed E-state index contributed by atoms with van der Waals surface area (Å²) in [5.41, 5.74) is 0.932. The number of amides is 2. The fraction of sp³-hybridized carbons (Fsp3) is 0.375. The molecule has 8 heteroatoms. The fourth-order valence-corrected chi connectivity index (χ4v) is 3.17. The van der Waals surface area contributed by atoms with Crippen LogP contribution in [0.2, 0.25) is 5.02 Å². The lowest BCUT2D eigenvalue weighted by Gasteiger charge is -2.21. The number of halogens is 1. The predicted octanol–water partition coefficient (Wildman–Crippen LogP) is 4.30. The van der Waals surface area contributed by atoms with Crippen molar-refractivity contribution in [2.75, 3.05) is 7.11 Å². The molecule has 0 fully saturated rings. The van der Waals surface area contributed by atoms with Crippen LogP contribution in [0.25, 0.3) is 0 Å². The third-order valence-corrected chi connectivity index (χ3v) is 4.83. The number of Topliss-reactive ketones (excluding diaryl/α,β-unsaturated/α-hetero) is 1. The fourth-order valence-electron chi connectivity index (χ4n) is 2.89. The van der Waals surface area contributed by atoms with Gasteiger partial charge in [0.05, 0.1) is 23.7 Å². The van der Waals surface area contributed by atoms with E-state index < -0.39 is 17.7 Å². The van der Waals surface area contributed by atoms with Gasteiger partial charge in [-0.3, -0.25) is 9.59 Å². The van der Waals surface area contributed by atoms with E-state index >= 15 is 0 Å². The predicted molar refractivity (Wildman–Crippen MR) is 123 cm³/mol. The molecule has 2 rings (SSSR count). The van der Waals surface area contributed by atoms with Crippen molar-refractivity contribution in [3.8, 4) is 5.75 Å². The highest BCUT2D eigenvalue weighted by Gasteiger charge is 2.23. The Morgan fingerprint density at radius 1 is 1.06 bits per heavy atom. The first kappa shape index (κ1) is 25.2. The minimum absolute atomic E-state index is 0.0667. The van der Waals surface area contributed by atoms with E-state index in [1.54, 1.807) is 65.1 Å². The molecule has 0 unspecified atom stereocenters. The number of alkyl carbamates (subject to hydrolysis) is 1. The summed E-state index contributed by atoms with van der Waals surface area (Å²) in [7, 11) is 1.58. The molecule has 2 aromatic rings. The molecule has 0 aliphatic heterocycles. The summed E-state index contributed by atoms with van der Waals surface area (Å²) < 4.78 is 10.3. The molecule has 0 saturated heterocycles. The number of methoxy groups -OCH3 is 1. The summed E-state index contributed by atoms with van der Waals surface area (Å²) in [5, 5.41) is 5.60. The zero-order valence-electron chi connectivity index (χ0n) is 19.0. The Bertz CT molecular complexity index is 967. The number of rotatable bonds is 8. The highest BCUT2D eigenvalue weighted by atomic mass is 35.5. The molecule has 172 valence electrons. The van der Waals surface area contributed by atoms with Gasteiger partial charge in [-0.25, -0.2) is 4.79 Å². The molecule has 0 saturated carbocycles. The molecule has 0 bridgehead atoms. The molecule has 0 aromatic heterocycles. The number of nitrogens with one attached hydrogen (secondary N) is 2. The van der Waals surface area contributed by atoms with Crippen molar-refractivity contribution >= 4 is 29.4 Å². The molecular weight excluding hydrogens is 432 g/mol. The number of hydrogen-bond acceptors (Lipinski definition) is 5. The summed E-state index contributed by atoms with van der Waals surface area (Å²) >= 11 is 6.29. The Hall–Kier alpha value is -3.06. The third-order valence-electron chi connectivity index (χ3n) is 4.52. The summed E-state index contributed by atoms with van der Waals surface area (Å²) in [6.45, 7) is 7.07. The van der Waals surface area contributed by atoms with Gasteiger partial charge in [0.15, 0.2) is 5.78 Å². The van der Waals surface area contributed by atoms with Gasteiger partial charge in [-0.05, 0) is 57.0 Å². The van der Waals surface area contributed by atoms with Crippen molar-refractivity contribution < 1.29 is 23.9 Å². The lowest BCUT2D eigenvalue weighted by atomic mass is 9.99. The van der Waals surface area contributed by atoms with Gasteiger partial charge in [-0.2, -0.15) is 0 Å². The number of benzene rings is 2. The number of carbonyl (C=O) groups excluding carboxylic acids is 3. The van der Waals surface area contributed by atoms with Gasteiger partial charge >= 0.3 is 6.09 Å². The van der Waals surface area contributed by atoms with E-state index in [0.717, 1.165) is 11.3 Å². The maximum Gasteiger partial charge on any atom is 0.408 e. The van der Waals surface area contributed by atoms with Crippen LogP contribution in [0.15, 0.2) is 42.5 Å². The monoisotopic (exact) mass is 460 g/mol. The van der Waals surface area contributed by atoms with Crippen LogP contribution in [-0.2, 0) is 22.5 Å². The summed E-state index contributed by atoms with van der Waals surface area (Å²) in [6.07, 6.45) is -0.745. The first-order valence-electron chi connectivity index (χ1n) is 10.2. The normalized spacial score (nSPS) is 11.9. The quantitative estimate of drug-likeness (QED) is 0.612. The SMILES string of the molecule is COc1ccc(CNC(=O)c2c(Cl)cccc2CC(=O)[C@H](C)NC(=O)OC(C)(C)C)cc1. The number of ketones is 1. The van der Waals surface area contributed by atoms with Crippen molar-refractivity contribution in [3.05, 3.63) is 64.2 Å². The standard InChI is InChI=1S/C24H29ClN2O5/c1-15(27-23(30)32-24(2,3)4)20(28)13-17-7-6-8-19(25)21(17)22(29)26-14-16-9-11-18(31-5)12-10-16/h6-12,15H,13-14H2,1-5H3,(H,26,29)(H,27,30)/t15-/m0/s1. The van der Waals surface area contributed by atoms with E-state index in [1.165, 1.54) is 0 Å². The second-order valence-electron chi connectivity index (χ2n) is 8.32. The van der Waals surface area contributed by atoms with E-state index in [-0.39, 0.29) is 35.2 Å². The van der Waals surface area contributed by atoms with Gasteiger partial charge in [0, 0.05) is 13.0 Å². The molecule has 7 nitrogen and oxygen atoms in total. The van der Waals surface area contributed by atoms with Crippen LogP contribution in [0.1, 0.15) is 49.2 Å². The number of ether oxygens (including phenoxy) is 2. The second-order valence-corrected chi connectivity index (χ2v) is 8.72. The van der Waals surface area contributed by atoms with Crippen molar-refractivity contribution in [2.45, 2.75) is 52.3 Å². The molecule has 0 aliphatic rings. The molecule has 0 spiro atoms. The molecule has 32 heavy (non-hydrogen) atoms. The van der Waals surface area contributed by atoms with Crippen molar-refractivity contribution in [2.24, 2.45) is 0 Å². The van der Waals surface area contributed by atoms with Gasteiger partial charge in [0.1, 0.15) is 11.4 Å². The van der Waals surface area contributed by atoms with Crippen molar-refractivity contribution in [1.29, 1.82) is 0 Å². The molecule has 0 aliphatic carbocycles. The number of hydrogen-bond donors (Lipinski definition) is 2. The highest BCUT2D eigenvalue weighted by Crippen LogP contribution is 2.22. The van der Waals surface area contributed by atoms with Gasteiger partial charge in [0.25, 0.3) is 5.91 Å². The lowest BCUT2D eigenvalue weighted by Crippen LogP contribution is -2.42. The zero-order valence-corrected chi connectivity index (χ0v) is 19.7. The number of carbonyl (C=O) groups is 3. The first-order valence-corrected chi connectivity index (χ1v) is 10.6. The van der Waals surface area contributed by atoms with E-state index in [4.69, 9.17) is 21.1 Å². The van der Waals surface area contributed by atoms with Crippen LogP contribution >= 0.6 is 11.6 Å². The van der Waals surface area contributed by atoms with Crippen LogP contribution in [0.5, 0.6) is 5.75 Å². The van der Waals surface area contributed by atoms with Gasteiger partial charge < -0.3 is 20.1 Å². The maximum atomic E-state index is 12.8. The van der Waals surface area contributed by atoms with Crippen LogP contribution < -0.4 is 15.4 Å². The summed E-state index contributed by atoms with van der Waals surface area (Å²) in [5.74, 6) is 0.0605. The molecule has 2 amide bonds. The van der Waals surface area contributed by atoms with Gasteiger partial charge in [0.2, 0.25) is 0 Å². The van der Waals surface area contributed by atoms with E-state index in [0.29, 0.717) is 5.56 Å². The minimum atomic E-state index is -0.793. The van der Waals surface area contributed by atoms with Gasteiger partial charge in [-0.1, -0.05) is 35.9 Å². The van der Waals surface area contributed by atoms with E-state index in [1.807, 2.05) is 12.1 Å². The van der Waals surface area contributed by atoms with Crippen LogP contribution in [0.4, 0.5) is 4.79 Å². The minimum Gasteiger partial charge on any atom is -0.497 e. The Labute approximate surface area is 193 Å². The molecule has 0 heterocycles. The molecule has 0 radical (unpaired) electrons. The van der Waals surface area contributed by atoms with Crippen LogP contribution in [0.3, 0.4) is 0 Å². The highest BCUT2D eigenvalue weighted by molar-refractivity contribution is 6.34. The Morgan fingerprint density at radius 2 is 1.72 bits per heavy atom. The summed E-state index contributed by atoms with van der Waals surface area (Å²) in [4.78, 5) is 37.5. The average molecular weight is 461 g/mol. The lowest BCUT2D eigenvalue weighted by molar-refractivity contribution is -0.120. The Morgan fingerprint density at radius 3 is 2.31 bits per heavy atom. The molecule has 2 aromatic carbocycles. The zero-order chi connectivity index (χ0) is 23.9.